The Morgan fingerprint density at radius 2 is 2.04 bits per heavy atom. The van der Waals surface area contributed by atoms with Gasteiger partial charge in [-0.25, -0.2) is 4.98 Å². The summed E-state index contributed by atoms with van der Waals surface area (Å²) in [6, 6.07) is 9.66. The van der Waals surface area contributed by atoms with E-state index in [9.17, 15) is 0 Å². The van der Waals surface area contributed by atoms with Gasteiger partial charge in [0.1, 0.15) is 5.82 Å². The topological polar surface area (TPSA) is 50.3 Å². The van der Waals surface area contributed by atoms with Gasteiger partial charge in [0.15, 0.2) is 0 Å². The molecule has 0 spiro atoms. The average molecular weight is 333 g/mol. The first-order valence-corrected chi connectivity index (χ1v) is 8.35. The molecule has 5 nitrogen and oxygen atoms in total. The Labute approximate surface area is 141 Å². The van der Waals surface area contributed by atoms with E-state index in [0.717, 1.165) is 56.3 Å². The van der Waals surface area contributed by atoms with Gasteiger partial charge < -0.3 is 15.0 Å². The largest absolute Gasteiger partial charge is 0.378 e. The number of aryl methyl sites for hydroxylation is 1. The fourth-order valence-corrected chi connectivity index (χ4v) is 2.76. The number of aromatic nitrogens is 2. The monoisotopic (exact) mass is 332 g/mol. The zero-order valence-corrected chi connectivity index (χ0v) is 14.0. The summed E-state index contributed by atoms with van der Waals surface area (Å²) >= 11 is 6.04. The third-order valence-electron chi connectivity index (χ3n) is 3.69. The van der Waals surface area contributed by atoms with E-state index in [1.165, 1.54) is 0 Å². The number of nitrogens with one attached hydrogen (secondary N) is 1. The molecule has 1 fully saturated rings. The van der Waals surface area contributed by atoms with E-state index in [2.05, 4.69) is 33.2 Å². The van der Waals surface area contributed by atoms with Crippen LogP contribution in [0.3, 0.4) is 0 Å². The van der Waals surface area contributed by atoms with Crippen molar-refractivity contribution in [1.29, 1.82) is 0 Å². The summed E-state index contributed by atoms with van der Waals surface area (Å²) < 4.78 is 5.42. The van der Waals surface area contributed by atoms with Gasteiger partial charge in [-0.1, -0.05) is 31.0 Å². The number of hydrogen-bond acceptors (Lipinski definition) is 5. The summed E-state index contributed by atoms with van der Waals surface area (Å²) in [5.74, 6) is 1.57. The fraction of sp³-hybridized carbons (Fsp3) is 0.412. The molecule has 0 bridgehead atoms. The molecule has 0 atom stereocenters. The van der Waals surface area contributed by atoms with E-state index >= 15 is 0 Å². The molecule has 6 heteroatoms. The molecule has 0 amide bonds. The normalized spacial score (nSPS) is 14.8. The van der Waals surface area contributed by atoms with Crippen LogP contribution >= 0.6 is 11.6 Å². The first-order chi connectivity index (χ1) is 11.2. The third-order valence-corrected chi connectivity index (χ3v) is 3.92. The molecule has 1 aromatic heterocycles. The number of benzene rings is 1. The predicted molar refractivity (Wildman–Crippen MR) is 93.8 cm³/mol. The first kappa shape index (κ1) is 16.0. The van der Waals surface area contributed by atoms with Gasteiger partial charge in [-0.05, 0) is 24.6 Å². The van der Waals surface area contributed by atoms with Crippen molar-refractivity contribution in [3.8, 4) is 0 Å². The van der Waals surface area contributed by atoms with Gasteiger partial charge in [0, 0.05) is 35.6 Å². The van der Waals surface area contributed by atoms with Crippen LogP contribution in [0.5, 0.6) is 0 Å². The molecule has 0 aliphatic carbocycles. The number of morpholine rings is 1. The van der Waals surface area contributed by atoms with Crippen LogP contribution in [-0.4, -0.2) is 36.3 Å². The highest BCUT2D eigenvalue weighted by Gasteiger charge is 2.15. The Morgan fingerprint density at radius 1 is 1.22 bits per heavy atom. The van der Waals surface area contributed by atoms with E-state index in [1.807, 2.05) is 24.3 Å². The van der Waals surface area contributed by atoms with Crippen LogP contribution in [0, 0.1) is 0 Å². The number of ether oxygens (including phenoxy) is 1. The van der Waals surface area contributed by atoms with Crippen LogP contribution in [0.15, 0.2) is 30.3 Å². The van der Waals surface area contributed by atoms with E-state index in [-0.39, 0.29) is 0 Å². The van der Waals surface area contributed by atoms with E-state index in [4.69, 9.17) is 16.3 Å². The molecule has 23 heavy (non-hydrogen) atoms. The maximum atomic E-state index is 6.04. The molecule has 2 aromatic rings. The highest BCUT2D eigenvalue weighted by Crippen LogP contribution is 2.22. The summed E-state index contributed by atoms with van der Waals surface area (Å²) in [6.07, 6.45) is 1.99. The molecule has 0 saturated carbocycles. The van der Waals surface area contributed by atoms with E-state index < -0.39 is 0 Å². The molecule has 1 aliphatic rings. The minimum Gasteiger partial charge on any atom is -0.378 e. The zero-order valence-electron chi connectivity index (χ0n) is 13.3. The maximum Gasteiger partial charge on any atom is 0.229 e. The Bertz CT molecular complexity index is 659. The van der Waals surface area contributed by atoms with Gasteiger partial charge in [-0.2, -0.15) is 4.98 Å². The minimum atomic E-state index is 0.611. The van der Waals surface area contributed by atoms with Crippen molar-refractivity contribution in [2.45, 2.75) is 19.8 Å². The minimum absolute atomic E-state index is 0.611. The lowest BCUT2D eigenvalue weighted by Crippen LogP contribution is -2.37. The van der Waals surface area contributed by atoms with Crippen LogP contribution in [-0.2, 0) is 11.2 Å². The lowest BCUT2D eigenvalue weighted by atomic mass is 10.2. The molecule has 0 unspecified atom stereocenters. The smallest absolute Gasteiger partial charge is 0.229 e. The molecule has 1 aromatic carbocycles. The average Bonchev–Trinajstić information content (AvgIpc) is 2.56. The second kappa shape index (κ2) is 7.62. The summed E-state index contributed by atoms with van der Waals surface area (Å²) in [4.78, 5) is 11.5. The van der Waals surface area contributed by atoms with Crippen LogP contribution in [0.1, 0.15) is 19.0 Å². The highest BCUT2D eigenvalue weighted by molar-refractivity contribution is 6.30. The second-order valence-corrected chi connectivity index (χ2v) is 5.96. The summed E-state index contributed by atoms with van der Waals surface area (Å²) in [7, 11) is 0. The van der Waals surface area contributed by atoms with Crippen molar-refractivity contribution in [2.75, 3.05) is 36.5 Å². The molecule has 122 valence electrons. The molecule has 1 N–H and O–H groups in total. The molecule has 1 saturated heterocycles. The lowest BCUT2D eigenvalue weighted by Gasteiger charge is -2.28. The number of rotatable bonds is 5. The molecule has 0 radical (unpaired) electrons. The number of anilines is 3. The quantitative estimate of drug-likeness (QED) is 0.905. The van der Waals surface area contributed by atoms with Crippen LogP contribution in [0.2, 0.25) is 5.02 Å². The number of nitrogens with zero attached hydrogens (tertiary/aromatic N) is 3. The molecule has 3 rings (SSSR count). The van der Waals surface area contributed by atoms with E-state index in [1.54, 1.807) is 0 Å². The summed E-state index contributed by atoms with van der Waals surface area (Å²) in [6.45, 7) is 5.35. The van der Waals surface area contributed by atoms with Gasteiger partial charge in [0.25, 0.3) is 0 Å². The van der Waals surface area contributed by atoms with Gasteiger partial charge in [0.05, 0.1) is 13.2 Å². The Morgan fingerprint density at radius 3 is 2.78 bits per heavy atom. The molecule has 2 heterocycles. The molecular weight excluding hydrogens is 312 g/mol. The van der Waals surface area contributed by atoms with Crippen molar-refractivity contribution in [3.05, 3.63) is 41.0 Å². The zero-order chi connectivity index (χ0) is 16.1. The van der Waals surface area contributed by atoms with E-state index in [0.29, 0.717) is 11.0 Å². The Balaban J connectivity index is 1.87. The van der Waals surface area contributed by atoms with Crippen LogP contribution < -0.4 is 10.2 Å². The number of halogens is 1. The van der Waals surface area contributed by atoms with Crippen molar-refractivity contribution >= 4 is 29.1 Å². The lowest BCUT2D eigenvalue weighted by molar-refractivity contribution is 0.122. The summed E-state index contributed by atoms with van der Waals surface area (Å²) in [5, 5.41) is 3.95. The van der Waals surface area contributed by atoms with Crippen molar-refractivity contribution < 1.29 is 4.74 Å². The molecule has 1 aliphatic heterocycles. The van der Waals surface area contributed by atoms with Gasteiger partial charge in [-0.3, -0.25) is 0 Å². The second-order valence-electron chi connectivity index (χ2n) is 5.53. The van der Waals surface area contributed by atoms with Crippen LogP contribution in [0.4, 0.5) is 17.5 Å². The molecular formula is C17H21ClN4O. The predicted octanol–water partition coefficient (Wildman–Crippen LogP) is 3.66. The fourth-order valence-electron chi connectivity index (χ4n) is 2.57. The standard InChI is InChI=1S/C17H21ClN4O/c1-2-4-14-12-16(22-7-9-23-10-8-22)21-17(19-14)20-15-6-3-5-13(18)11-15/h3,5-6,11-12H,2,4,7-10H2,1H3,(H,19,20,21). The maximum absolute atomic E-state index is 6.04. The van der Waals surface area contributed by atoms with Crippen molar-refractivity contribution in [3.63, 3.8) is 0 Å². The highest BCUT2D eigenvalue weighted by atomic mass is 35.5. The summed E-state index contributed by atoms with van der Waals surface area (Å²) in [5.41, 5.74) is 1.94. The van der Waals surface area contributed by atoms with Gasteiger partial charge in [0.2, 0.25) is 5.95 Å². The van der Waals surface area contributed by atoms with Crippen molar-refractivity contribution in [2.24, 2.45) is 0 Å². The van der Waals surface area contributed by atoms with Gasteiger partial charge >= 0.3 is 0 Å². The number of hydrogen-bond donors (Lipinski definition) is 1. The van der Waals surface area contributed by atoms with Crippen molar-refractivity contribution in [1.82, 2.24) is 9.97 Å². The SMILES string of the molecule is CCCc1cc(N2CCOCC2)nc(Nc2cccc(Cl)c2)n1. The first-order valence-electron chi connectivity index (χ1n) is 7.98. The third kappa shape index (κ3) is 4.33. The van der Waals surface area contributed by atoms with Gasteiger partial charge in [-0.15, -0.1) is 0 Å². The van der Waals surface area contributed by atoms with Crippen LogP contribution in [0.25, 0.3) is 0 Å². The Kier molecular flexibility index (Phi) is 5.31. The Hall–Kier alpha value is -1.85.